The van der Waals surface area contributed by atoms with Crippen LogP contribution in [0.15, 0.2) is 49.4 Å². The molecule has 0 bridgehead atoms. The fraction of sp³-hybridized carbons (Fsp3) is 0.300. The van der Waals surface area contributed by atoms with Crippen molar-refractivity contribution in [3.8, 4) is 11.1 Å². The molecule has 1 amide bonds. The number of carbonyl (C=O) groups excluding carboxylic acids is 1. The Labute approximate surface area is 152 Å². The molecule has 3 aromatic rings. The Bertz CT molecular complexity index is 934. The molecule has 1 aliphatic rings. The normalized spacial score (nSPS) is 15.0. The molecule has 1 N–H and O–H groups in total. The van der Waals surface area contributed by atoms with Crippen LogP contribution in [0.2, 0.25) is 0 Å². The summed E-state index contributed by atoms with van der Waals surface area (Å²) < 4.78 is 15.3. The van der Waals surface area contributed by atoms with Crippen LogP contribution in [0.4, 0.5) is 4.39 Å². The lowest BCUT2D eigenvalue weighted by Gasteiger charge is -2.31. The van der Waals surface area contributed by atoms with Crippen molar-refractivity contribution in [1.29, 1.82) is 0 Å². The Morgan fingerprint density at radius 2 is 2.12 bits per heavy atom. The van der Waals surface area contributed by atoms with Crippen LogP contribution in [0.25, 0.3) is 22.0 Å². The minimum absolute atomic E-state index is 0. The van der Waals surface area contributed by atoms with Crippen LogP contribution in [-0.4, -0.2) is 38.7 Å². The van der Waals surface area contributed by atoms with Gasteiger partial charge < -0.3 is 9.88 Å². The molecule has 0 atom stereocenters. The lowest BCUT2D eigenvalue weighted by molar-refractivity contribution is -0.127. The molecule has 1 fully saturated rings. The second-order valence-corrected chi connectivity index (χ2v) is 6.36. The van der Waals surface area contributed by atoms with Gasteiger partial charge in [-0.05, 0) is 37.1 Å². The highest BCUT2D eigenvalue weighted by atomic mass is 19.1. The van der Waals surface area contributed by atoms with E-state index in [1.165, 1.54) is 18.2 Å². The zero-order valence-electron chi connectivity index (χ0n) is 13.8. The highest BCUT2D eigenvalue weighted by Crippen LogP contribution is 2.30. The third-order valence-corrected chi connectivity index (χ3v) is 4.88. The van der Waals surface area contributed by atoms with Crippen molar-refractivity contribution in [2.24, 2.45) is 0 Å². The summed E-state index contributed by atoms with van der Waals surface area (Å²) >= 11 is 0. The molecule has 0 aliphatic carbocycles. The van der Waals surface area contributed by atoms with Crippen molar-refractivity contribution in [3.63, 3.8) is 0 Å². The van der Waals surface area contributed by atoms with Gasteiger partial charge >= 0.3 is 0 Å². The van der Waals surface area contributed by atoms with Crippen LogP contribution < -0.4 is 0 Å². The first kappa shape index (κ1) is 17.9. The number of piperidine rings is 1. The number of hydrogen-bond donors (Lipinski definition) is 1. The van der Waals surface area contributed by atoms with Crippen LogP contribution in [0.1, 0.15) is 26.3 Å². The number of benzene rings is 1. The lowest BCUT2D eigenvalue weighted by atomic mass is 10.0. The van der Waals surface area contributed by atoms with Crippen LogP contribution in [0, 0.1) is 5.82 Å². The van der Waals surface area contributed by atoms with Gasteiger partial charge in [-0.2, -0.15) is 5.10 Å². The molecule has 2 aromatic heterocycles. The van der Waals surface area contributed by atoms with E-state index in [1.807, 2.05) is 28.2 Å². The molecule has 0 radical (unpaired) electrons. The van der Waals surface area contributed by atoms with Gasteiger partial charge in [-0.25, -0.2) is 4.39 Å². The van der Waals surface area contributed by atoms with Gasteiger partial charge in [0.15, 0.2) is 0 Å². The average molecular weight is 354 g/mol. The third kappa shape index (κ3) is 3.14. The van der Waals surface area contributed by atoms with E-state index in [0.29, 0.717) is 0 Å². The van der Waals surface area contributed by atoms with Gasteiger partial charge in [-0.3, -0.25) is 9.48 Å². The molecule has 1 aromatic carbocycles. The molecule has 136 valence electrons. The zero-order valence-corrected chi connectivity index (χ0v) is 13.8. The maximum atomic E-state index is 13.3. The van der Waals surface area contributed by atoms with Crippen LogP contribution in [0.3, 0.4) is 0 Å². The van der Waals surface area contributed by atoms with Gasteiger partial charge in [0.2, 0.25) is 5.91 Å². The largest absolute Gasteiger partial charge is 0.360 e. The quantitative estimate of drug-likeness (QED) is 0.718. The van der Waals surface area contributed by atoms with E-state index in [2.05, 4.69) is 16.7 Å². The minimum Gasteiger partial charge on any atom is -0.360 e. The van der Waals surface area contributed by atoms with Gasteiger partial charge in [0.1, 0.15) is 5.82 Å². The Hall–Kier alpha value is -2.89. The molecular formula is C20H23FN4O. The fourth-order valence-corrected chi connectivity index (χ4v) is 3.49. The predicted molar refractivity (Wildman–Crippen MR) is 101 cm³/mol. The second kappa shape index (κ2) is 7.15. The van der Waals surface area contributed by atoms with E-state index in [1.54, 1.807) is 6.07 Å². The fourth-order valence-electron chi connectivity index (χ4n) is 3.49. The van der Waals surface area contributed by atoms with Gasteiger partial charge in [0.25, 0.3) is 0 Å². The first-order valence-corrected chi connectivity index (χ1v) is 8.38. The summed E-state index contributed by atoms with van der Waals surface area (Å²) in [6, 6.07) is 5.03. The first-order valence-electron chi connectivity index (χ1n) is 8.38. The Balaban J connectivity index is 0.00000196. The number of nitrogens with zero attached hydrogens (tertiary/aromatic N) is 3. The number of likely N-dealkylation sites (tertiary alicyclic amines) is 1. The van der Waals surface area contributed by atoms with Crippen molar-refractivity contribution >= 4 is 16.8 Å². The van der Waals surface area contributed by atoms with Crippen LogP contribution in [0.5, 0.6) is 0 Å². The van der Waals surface area contributed by atoms with Gasteiger partial charge in [-0.1, -0.05) is 14.0 Å². The summed E-state index contributed by atoms with van der Waals surface area (Å²) in [5.74, 6) is -0.261. The smallest absolute Gasteiger partial charge is 0.245 e. The maximum absolute atomic E-state index is 13.3. The summed E-state index contributed by atoms with van der Waals surface area (Å²) in [5.41, 5.74) is 2.79. The van der Waals surface area contributed by atoms with Crippen molar-refractivity contribution in [2.75, 3.05) is 13.1 Å². The maximum Gasteiger partial charge on any atom is 0.245 e. The average Bonchev–Trinajstić information content (AvgIpc) is 3.27. The topological polar surface area (TPSA) is 53.9 Å². The summed E-state index contributed by atoms with van der Waals surface area (Å²) in [6.07, 6.45) is 8.87. The number of aromatic amines is 1. The highest BCUT2D eigenvalue weighted by Gasteiger charge is 2.23. The number of rotatable bonds is 3. The van der Waals surface area contributed by atoms with Crippen molar-refractivity contribution in [2.45, 2.75) is 26.3 Å². The third-order valence-electron chi connectivity index (χ3n) is 4.88. The van der Waals surface area contributed by atoms with E-state index in [0.717, 1.165) is 48.0 Å². The van der Waals surface area contributed by atoms with Crippen molar-refractivity contribution < 1.29 is 9.18 Å². The number of halogens is 1. The van der Waals surface area contributed by atoms with Gasteiger partial charge in [-0.15, -0.1) is 0 Å². The van der Waals surface area contributed by atoms with E-state index < -0.39 is 0 Å². The second-order valence-electron chi connectivity index (χ2n) is 6.36. The van der Waals surface area contributed by atoms with E-state index in [4.69, 9.17) is 0 Å². The number of amides is 1. The minimum atomic E-state index is -0.252. The van der Waals surface area contributed by atoms with E-state index >= 15 is 0 Å². The van der Waals surface area contributed by atoms with Gasteiger partial charge in [0.05, 0.1) is 12.2 Å². The molecule has 6 heteroatoms. The molecule has 3 heterocycles. The molecular weight excluding hydrogens is 331 g/mol. The molecule has 0 saturated carbocycles. The first-order chi connectivity index (χ1) is 12.2. The number of H-pyrrole nitrogens is 1. The molecule has 1 aliphatic heterocycles. The number of carbonyl (C=O) groups is 1. The van der Waals surface area contributed by atoms with Gasteiger partial charge in [0, 0.05) is 47.5 Å². The number of nitrogens with one attached hydrogen (secondary N) is 1. The van der Waals surface area contributed by atoms with Crippen molar-refractivity contribution in [1.82, 2.24) is 19.7 Å². The predicted octanol–water partition coefficient (Wildman–Crippen LogP) is 4.16. The molecule has 26 heavy (non-hydrogen) atoms. The lowest BCUT2D eigenvalue weighted by Crippen LogP contribution is -2.38. The Morgan fingerprint density at radius 1 is 1.35 bits per heavy atom. The highest BCUT2D eigenvalue weighted by molar-refractivity contribution is 5.95. The molecule has 4 rings (SSSR count). The molecule has 0 spiro atoms. The zero-order chi connectivity index (χ0) is 17.4. The van der Waals surface area contributed by atoms with Crippen LogP contribution >= 0.6 is 0 Å². The molecule has 0 unspecified atom stereocenters. The summed E-state index contributed by atoms with van der Waals surface area (Å²) in [6.45, 7) is 4.98. The number of aromatic nitrogens is 3. The standard InChI is InChI=1S/C19H19FN4O.CH4/c1-2-19(25)23-7-5-15(6-8-23)24-12-13(10-22-24)17-11-21-18-9-14(20)3-4-16(17)18;/h2-4,9-12,15,21H,1,5-8H2;1H4. The van der Waals surface area contributed by atoms with E-state index in [9.17, 15) is 9.18 Å². The van der Waals surface area contributed by atoms with E-state index in [-0.39, 0.29) is 25.2 Å². The molecule has 1 saturated heterocycles. The Kier molecular flexibility index (Phi) is 4.93. The SMILES string of the molecule is C.C=CC(=O)N1CCC(n2cc(-c3c[nH]c4cc(F)ccc34)cn2)CC1. The summed E-state index contributed by atoms with van der Waals surface area (Å²) in [5, 5.41) is 5.49. The summed E-state index contributed by atoms with van der Waals surface area (Å²) in [7, 11) is 0. The summed E-state index contributed by atoms with van der Waals surface area (Å²) in [4.78, 5) is 16.6. The number of hydrogen-bond acceptors (Lipinski definition) is 2. The molecule has 5 nitrogen and oxygen atoms in total. The monoisotopic (exact) mass is 354 g/mol. The number of fused-ring (bicyclic) bond motifs is 1. The Morgan fingerprint density at radius 3 is 2.85 bits per heavy atom. The van der Waals surface area contributed by atoms with Crippen molar-refractivity contribution in [3.05, 3.63) is 55.3 Å². The van der Waals surface area contributed by atoms with Crippen LogP contribution in [-0.2, 0) is 4.79 Å².